The molecule has 1 aromatic heterocycles. The van der Waals surface area contributed by atoms with Crippen LogP contribution in [-0.2, 0) is 6.54 Å². The van der Waals surface area contributed by atoms with Gasteiger partial charge in [0.05, 0.1) is 0 Å². The van der Waals surface area contributed by atoms with E-state index in [9.17, 15) is 4.79 Å². The Morgan fingerprint density at radius 3 is 2.32 bits per heavy atom. The first kappa shape index (κ1) is 19.5. The van der Waals surface area contributed by atoms with Crippen LogP contribution in [0.4, 0.5) is 11.5 Å². The normalized spacial score (nSPS) is 10.8. The van der Waals surface area contributed by atoms with Crippen LogP contribution in [0.5, 0.6) is 0 Å². The van der Waals surface area contributed by atoms with Crippen LogP contribution in [0.25, 0.3) is 0 Å². The Morgan fingerprint density at radius 2 is 1.68 bits per heavy atom. The highest BCUT2D eigenvalue weighted by molar-refractivity contribution is 5.93. The second kappa shape index (κ2) is 8.65. The average Bonchev–Trinajstić information content (AvgIpc) is 2.67. The third kappa shape index (κ3) is 4.94. The minimum absolute atomic E-state index is 0.0523. The lowest BCUT2D eigenvalue weighted by molar-refractivity contribution is 0.0684. The van der Waals surface area contributed by atoms with Crippen molar-refractivity contribution in [2.45, 2.75) is 40.3 Å². The van der Waals surface area contributed by atoms with E-state index in [4.69, 9.17) is 0 Å². The Bertz CT molecular complexity index is 937. The van der Waals surface area contributed by atoms with E-state index in [2.05, 4.69) is 15.3 Å². The zero-order chi connectivity index (χ0) is 20.1. The van der Waals surface area contributed by atoms with Crippen molar-refractivity contribution in [3.8, 4) is 0 Å². The smallest absolute Gasteiger partial charge is 0.273 e. The van der Waals surface area contributed by atoms with Crippen molar-refractivity contribution in [3.63, 3.8) is 0 Å². The molecule has 0 radical (unpaired) electrons. The van der Waals surface area contributed by atoms with E-state index in [1.165, 1.54) is 5.56 Å². The monoisotopic (exact) mass is 374 g/mol. The van der Waals surface area contributed by atoms with Gasteiger partial charge in [0.25, 0.3) is 5.91 Å². The molecule has 0 fully saturated rings. The number of nitrogens with one attached hydrogen (secondary N) is 1. The fourth-order valence-electron chi connectivity index (χ4n) is 2.94. The van der Waals surface area contributed by atoms with Gasteiger partial charge in [-0.2, -0.15) is 0 Å². The summed E-state index contributed by atoms with van der Waals surface area (Å²) in [5, 5.41) is 3.26. The van der Waals surface area contributed by atoms with Gasteiger partial charge in [0.2, 0.25) is 0 Å². The molecule has 0 aliphatic carbocycles. The summed E-state index contributed by atoms with van der Waals surface area (Å²) in [7, 11) is 0. The van der Waals surface area contributed by atoms with Gasteiger partial charge in [-0.25, -0.2) is 9.97 Å². The number of rotatable bonds is 6. The van der Waals surface area contributed by atoms with Crippen molar-refractivity contribution in [1.29, 1.82) is 0 Å². The maximum absolute atomic E-state index is 13.2. The summed E-state index contributed by atoms with van der Waals surface area (Å²) in [5.41, 5.74) is 3.60. The van der Waals surface area contributed by atoms with Crippen molar-refractivity contribution in [3.05, 3.63) is 83.3 Å². The Hall–Kier alpha value is -3.21. The Labute approximate surface area is 166 Å². The number of benzene rings is 2. The van der Waals surface area contributed by atoms with Gasteiger partial charge in [-0.1, -0.05) is 48.0 Å². The number of hydrogen-bond acceptors (Lipinski definition) is 4. The average molecular weight is 374 g/mol. The van der Waals surface area contributed by atoms with Crippen LogP contribution in [-0.4, -0.2) is 26.8 Å². The summed E-state index contributed by atoms with van der Waals surface area (Å²) < 4.78 is 0. The number of carbonyl (C=O) groups is 1. The van der Waals surface area contributed by atoms with E-state index in [1.54, 1.807) is 13.0 Å². The second-order valence-corrected chi connectivity index (χ2v) is 7.19. The lowest BCUT2D eigenvalue weighted by Crippen LogP contribution is -2.37. The van der Waals surface area contributed by atoms with Gasteiger partial charge >= 0.3 is 0 Å². The van der Waals surface area contributed by atoms with E-state index in [1.807, 2.05) is 80.3 Å². The first-order chi connectivity index (χ1) is 13.4. The molecule has 0 atom stereocenters. The number of hydrogen-bond donors (Lipinski definition) is 1. The maximum atomic E-state index is 13.2. The number of carbonyl (C=O) groups excluding carboxylic acids is 1. The van der Waals surface area contributed by atoms with Crippen molar-refractivity contribution < 1.29 is 4.79 Å². The molecule has 5 heteroatoms. The van der Waals surface area contributed by atoms with Gasteiger partial charge in [-0.15, -0.1) is 0 Å². The zero-order valence-electron chi connectivity index (χ0n) is 16.8. The van der Waals surface area contributed by atoms with Crippen LogP contribution < -0.4 is 5.32 Å². The van der Waals surface area contributed by atoms with Crippen molar-refractivity contribution in [2.24, 2.45) is 0 Å². The molecule has 1 heterocycles. The minimum Gasteiger partial charge on any atom is -0.340 e. The molecule has 0 unspecified atom stereocenters. The number of nitrogens with zero attached hydrogens (tertiary/aromatic N) is 3. The maximum Gasteiger partial charge on any atom is 0.273 e. The zero-order valence-corrected chi connectivity index (χ0v) is 16.8. The molecule has 28 heavy (non-hydrogen) atoms. The van der Waals surface area contributed by atoms with E-state index < -0.39 is 0 Å². The third-order valence-corrected chi connectivity index (χ3v) is 4.46. The van der Waals surface area contributed by atoms with E-state index in [0.717, 1.165) is 11.3 Å². The molecule has 3 rings (SSSR count). The van der Waals surface area contributed by atoms with Crippen LogP contribution in [0.15, 0.2) is 60.7 Å². The molecule has 3 aromatic rings. The quantitative estimate of drug-likeness (QED) is 0.667. The second-order valence-electron chi connectivity index (χ2n) is 7.19. The van der Waals surface area contributed by atoms with Gasteiger partial charge in [0.15, 0.2) is 0 Å². The summed E-state index contributed by atoms with van der Waals surface area (Å²) >= 11 is 0. The summed E-state index contributed by atoms with van der Waals surface area (Å²) in [6.07, 6.45) is 0. The van der Waals surface area contributed by atoms with Crippen LogP contribution in [0.3, 0.4) is 0 Å². The summed E-state index contributed by atoms with van der Waals surface area (Å²) in [6.45, 7) is 8.42. The SMILES string of the molecule is Cc1ccc(Nc2cc(C(=O)N(Cc3ccccc3)C(C)C)nc(C)n2)cc1. The molecule has 0 aliphatic rings. The highest BCUT2D eigenvalue weighted by atomic mass is 16.2. The van der Waals surface area contributed by atoms with E-state index >= 15 is 0 Å². The van der Waals surface area contributed by atoms with Crippen molar-refractivity contribution in [1.82, 2.24) is 14.9 Å². The Balaban J connectivity index is 1.85. The first-order valence-corrected chi connectivity index (χ1v) is 9.46. The minimum atomic E-state index is -0.101. The fraction of sp³-hybridized carbons (Fsp3) is 0.261. The summed E-state index contributed by atoms with van der Waals surface area (Å²) in [5.74, 6) is 1.07. The predicted octanol–water partition coefficient (Wildman–Crippen LogP) is 4.89. The van der Waals surface area contributed by atoms with E-state index in [-0.39, 0.29) is 11.9 Å². The summed E-state index contributed by atoms with van der Waals surface area (Å²) in [4.78, 5) is 23.8. The molecular weight excluding hydrogens is 348 g/mol. The molecule has 0 spiro atoms. The molecule has 144 valence electrons. The molecular formula is C23H26N4O. The van der Waals surface area contributed by atoms with Gasteiger partial charge < -0.3 is 10.2 Å². The Morgan fingerprint density at radius 1 is 1.00 bits per heavy atom. The van der Waals surface area contributed by atoms with Crippen LogP contribution in [0.2, 0.25) is 0 Å². The lowest BCUT2D eigenvalue weighted by Gasteiger charge is -2.26. The fourth-order valence-corrected chi connectivity index (χ4v) is 2.94. The molecule has 0 aliphatic heterocycles. The summed E-state index contributed by atoms with van der Waals surface area (Å²) in [6, 6.07) is 19.8. The lowest BCUT2D eigenvalue weighted by atomic mass is 10.1. The van der Waals surface area contributed by atoms with Crippen molar-refractivity contribution in [2.75, 3.05) is 5.32 Å². The third-order valence-electron chi connectivity index (χ3n) is 4.46. The molecule has 5 nitrogen and oxygen atoms in total. The van der Waals surface area contributed by atoms with Gasteiger partial charge in [-0.05, 0) is 45.4 Å². The molecule has 1 amide bonds. The molecule has 1 N–H and O–H groups in total. The van der Waals surface area contributed by atoms with Crippen LogP contribution >= 0.6 is 0 Å². The first-order valence-electron chi connectivity index (χ1n) is 9.46. The highest BCUT2D eigenvalue weighted by Crippen LogP contribution is 2.18. The predicted molar refractivity (Wildman–Crippen MR) is 113 cm³/mol. The molecule has 0 saturated carbocycles. The topological polar surface area (TPSA) is 58.1 Å². The van der Waals surface area contributed by atoms with Gasteiger partial charge in [0, 0.05) is 24.3 Å². The van der Waals surface area contributed by atoms with Gasteiger partial charge in [-0.3, -0.25) is 4.79 Å². The molecule has 0 bridgehead atoms. The number of aromatic nitrogens is 2. The van der Waals surface area contributed by atoms with Crippen molar-refractivity contribution >= 4 is 17.4 Å². The Kier molecular flexibility index (Phi) is 6.04. The van der Waals surface area contributed by atoms with Crippen LogP contribution in [0.1, 0.15) is 41.3 Å². The molecule has 0 saturated heterocycles. The molecule has 2 aromatic carbocycles. The number of aryl methyl sites for hydroxylation is 2. The van der Waals surface area contributed by atoms with Crippen LogP contribution in [0, 0.1) is 13.8 Å². The number of anilines is 2. The largest absolute Gasteiger partial charge is 0.340 e. The van der Waals surface area contributed by atoms with E-state index in [0.29, 0.717) is 23.9 Å². The number of amides is 1. The highest BCUT2D eigenvalue weighted by Gasteiger charge is 2.21. The van der Waals surface area contributed by atoms with Gasteiger partial charge in [0.1, 0.15) is 17.3 Å². The standard InChI is InChI=1S/C23H26N4O/c1-16(2)27(15-19-8-6-5-7-9-19)23(28)21-14-22(25-18(4)24-21)26-20-12-10-17(3)11-13-20/h5-14,16H,15H2,1-4H3,(H,24,25,26).